The Balaban J connectivity index is 0. The van der Waals surface area contributed by atoms with Gasteiger partial charge in [-0.25, -0.2) is 48.5 Å². The van der Waals surface area contributed by atoms with Crippen molar-refractivity contribution >= 4 is 0 Å². The second kappa shape index (κ2) is 19.4. The minimum Gasteiger partial charge on any atom is -0.404 e. The maximum absolute atomic E-state index is 8.43. The summed E-state index contributed by atoms with van der Waals surface area (Å²) in [6.45, 7) is 0.160. The summed E-state index contributed by atoms with van der Waals surface area (Å²) < 4.78 is 0. The van der Waals surface area contributed by atoms with Crippen LogP contribution in [0, 0.1) is 0 Å². The summed E-state index contributed by atoms with van der Waals surface area (Å²) in [5.74, 6) is 0. The minimum atomic E-state index is 0. The molecule has 0 aliphatic rings. The first-order valence-corrected chi connectivity index (χ1v) is 7.25. The smallest absolute Gasteiger partial charge is 0.404 e. The van der Waals surface area contributed by atoms with Crippen LogP contribution in [0.25, 0.3) is 0 Å². The van der Waals surface area contributed by atoms with Gasteiger partial charge in [-0.15, -0.1) is 5.56 Å². The third kappa shape index (κ3) is 15.3. The van der Waals surface area contributed by atoms with Crippen molar-refractivity contribution in [3.8, 4) is 0 Å². The first-order valence-electron chi connectivity index (χ1n) is 7.25. The van der Waals surface area contributed by atoms with Gasteiger partial charge in [-0.3, -0.25) is 0 Å². The molecule has 0 spiro atoms. The first-order chi connectivity index (χ1) is 10.9. The van der Waals surface area contributed by atoms with Crippen LogP contribution in [0.5, 0.6) is 0 Å². The predicted molar refractivity (Wildman–Crippen MR) is 94.1 cm³/mol. The average Bonchev–Trinajstić information content (AvgIpc) is 3.44. The van der Waals surface area contributed by atoms with Gasteiger partial charge < -0.3 is 5.11 Å². The largest absolute Gasteiger partial charge is 2.00 e. The van der Waals surface area contributed by atoms with Crippen molar-refractivity contribution in [3.63, 3.8) is 0 Å². The maximum atomic E-state index is 8.43. The van der Waals surface area contributed by atoms with Gasteiger partial charge in [-0.1, -0.05) is 0 Å². The van der Waals surface area contributed by atoms with E-state index in [1.54, 1.807) is 0 Å². The topological polar surface area (TPSA) is 20.2 Å². The van der Waals surface area contributed by atoms with Crippen molar-refractivity contribution in [2.45, 2.75) is 6.61 Å². The summed E-state index contributed by atoms with van der Waals surface area (Å²) >= 11 is 0. The normalized spacial score (nSPS) is 7.71. The molecule has 4 aromatic rings. The van der Waals surface area contributed by atoms with Gasteiger partial charge >= 0.3 is 34.1 Å². The van der Waals surface area contributed by atoms with Gasteiger partial charge in [0.2, 0.25) is 0 Å². The van der Waals surface area contributed by atoms with E-state index in [-0.39, 0.29) is 40.7 Å². The molecule has 0 heterocycles. The average molecular weight is 402 g/mol. The van der Waals surface area contributed by atoms with E-state index in [4.69, 9.17) is 5.11 Å². The molecular weight excluding hydrogens is 380 g/mol. The van der Waals surface area contributed by atoms with Crippen LogP contribution in [0.1, 0.15) is 5.56 Å². The van der Waals surface area contributed by atoms with Gasteiger partial charge in [0.25, 0.3) is 0 Å². The van der Waals surface area contributed by atoms with E-state index < -0.39 is 0 Å². The van der Waals surface area contributed by atoms with Crippen LogP contribution < -0.4 is 0 Å². The second-order valence-corrected chi connectivity index (χ2v) is 4.34. The summed E-state index contributed by atoms with van der Waals surface area (Å²) in [4.78, 5) is 0. The van der Waals surface area contributed by atoms with Gasteiger partial charge in [-0.05, 0) is 0 Å². The van der Waals surface area contributed by atoms with Gasteiger partial charge in [0, 0.05) is 6.61 Å². The van der Waals surface area contributed by atoms with E-state index in [0.717, 1.165) is 5.56 Å². The Morgan fingerprint density at radius 2 is 0.833 bits per heavy atom. The minimum absolute atomic E-state index is 0. The molecule has 0 atom stereocenters. The summed E-state index contributed by atoms with van der Waals surface area (Å²) in [5.41, 5.74) is 0.986. The summed E-state index contributed by atoms with van der Waals surface area (Å²) in [7, 11) is 0. The number of aliphatic hydroxyl groups excluding tert-OH is 1. The molecule has 128 valence electrons. The molecular formula is C21H22Fe2O. The van der Waals surface area contributed by atoms with Gasteiger partial charge in [-0.2, -0.15) is 66.7 Å². The zero-order valence-corrected chi connectivity index (χ0v) is 15.5. The molecule has 24 heavy (non-hydrogen) atoms. The zero-order chi connectivity index (χ0) is 15.7. The first kappa shape index (κ1) is 24.6. The zero-order valence-electron chi connectivity index (χ0n) is 13.3. The quantitative estimate of drug-likeness (QED) is 0.347. The fourth-order valence-electron chi connectivity index (χ4n) is 1.48. The van der Waals surface area contributed by atoms with E-state index in [2.05, 4.69) is 0 Å². The molecule has 1 N–H and O–H groups in total. The molecule has 0 aliphatic carbocycles. The number of aliphatic hydroxyl groups is 1. The van der Waals surface area contributed by atoms with Crippen molar-refractivity contribution in [2.24, 2.45) is 0 Å². The van der Waals surface area contributed by atoms with Crippen molar-refractivity contribution in [2.75, 3.05) is 0 Å². The third-order valence-corrected chi connectivity index (χ3v) is 2.58. The maximum Gasteiger partial charge on any atom is 2.00 e. The standard InChI is InChI=1S/C6H7O.3C5H5.2Fe/c7-5-6-3-1-2-4-6;3*1-2-4-5-3-1;;/h1-4,7H,5H2;3*1-5H;;/q4*-1;2*+2. The van der Waals surface area contributed by atoms with Crippen LogP contribution in [-0.2, 0) is 40.7 Å². The van der Waals surface area contributed by atoms with Crippen LogP contribution in [0.3, 0.4) is 0 Å². The summed E-state index contributed by atoms with van der Waals surface area (Å²) in [6, 6.07) is 37.6. The van der Waals surface area contributed by atoms with Gasteiger partial charge in [0.05, 0.1) is 0 Å². The summed E-state index contributed by atoms with van der Waals surface area (Å²) in [5, 5.41) is 8.43. The Bertz CT molecular complexity index is 462. The monoisotopic (exact) mass is 402 g/mol. The van der Waals surface area contributed by atoms with E-state index in [1.165, 1.54) is 0 Å². The molecule has 0 saturated heterocycles. The Morgan fingerprint density at radius 3 is 0.958 bits per heavy atom. The number of hydrogen-bond donors (Lipinski definition) is 1. The van der Waals surface area contributed by atoms with E-state index in [1.807, 2.05) is 115 Å². The Morgan fingerprint density at radius 1 is 0.542 bits per heavy atom. The Labute approximate surface area is 166 Å². The molecule has 0 amide bonds. The van der Waals surface area contributed by atoms with Crippen molar-refractivity contribution < 1.29 is 39.2 Å². The molecule has 4 aromatic carbocycles. The number of hydrogen-bond acceptors (Lipinski definition) is 1. The Kier molecular flexibility index (Phi) is 20.0. The van der Waals surface area contributed by atoms with Crippen molar-refractivity contribution in [3.05, 3.63) is 121 Å². The van der Waals surface area contributed by atoms with Crippen LogP contribution in [0.15, 0.2) is 115 Å². The second-order valence-electron chi connectivity index (χ2n) is 4.34. The van der Waals surface area contributed by atoms with Gasteiger partial charge in [0.1, 0.15) is 0 Å². The molecule has 0 aromatic heterocycles. The number of rotatable bonds is 1. The van der Waals surface area contributed by atoms with Crippen molar-refractivity contribution in [1.29, 1.82) is 0 Å². The molecule has 0 aliphatic heterocycles. The predicted octanol–water partition coefficient (Wildman–Crippen LogP) is 5.11. The van der Waals surface area contributed by atoms with Gasteiger partial charge in [0.15, 0.2) is 0 Å². The van der Waals surface area contributed by atoms with E-state index in [0.29, 0.717) is 0 Å². The molecule has 0 fully saturated rings. The van der Waals surface area contributed by atoms with Crippen LogP contribution in [0.4, 0.5) is 0 Å². The van der Waals surface area contributed by atoms with Crippen molar-refractivity contribution in [1.82, 2.24) is 0 Å². The van der Waals surface area contributed by atoms with E-state index >= 15 is 0 Å². The molecule has 0 saturated carbocycles. The van der Waals surface area contributed by atoms with Crippen LogP contribution >= 0.6 is 0 Å². The molecule has 0 unspecified atom stereocenters. The SMILES string of the molecule is OC[c-]1cccc1.[Fe+2].[Fe+2].c1cc[cH-]c1.c1cc[cH-]c1.c1cc[cH-]c1. The van der Waals surface area contributed by atoms with Crippen LogP contribution in [-0.4, -0.2) is 5.11 Å². The fraction of sp³-hybridized carbons (Fsp3) is 0.0476. The third-order valence-electron chi connectivity index (χ3n) is 2.58. The molecule has 0 bridgehead atoms. The van der Waals surface area contributed by atoms with E-state index in [9.17, 15) is 0 Å². The molecule has 4 rings (SSSR count). The Hall–Kier alpha value is -1.60. The molecule has 3 heteroatoms. The molecule has 0 radical (unpaired) electrons. The fourth-order valence-corrected chi connectivity index (χ4v) is 1.48. The van der Waals surface area contributed by atoms with Crippen LogP contribution in [0.2, 0.25) is 0 Å². The summed E-state index contributed by atoms with van der Waals surface area (Å²) in [6.07, 6.45) is 0. The molecule has 1 nitrogen and oxygen atoms in total.